The molecule has 4 heteroatoms. The number of nitrogens with one attached hydrogen (secondary N) is 1. The lowest BCUT2D eigenvalue weighted by Gasteiger charge is -2.01. The average Bonchev–Trinajstić information content (AvgIpc) is 3.23. The van der Waals surface area contributed by atoms with Crippen molar-refractivity contribution in [3.05, 3.63) is 70.2 Å². The fourth-order valence-electron chi connectivity index (χ4n) is 2.90. The van der Waals surface area contributed by atoms with E-state index in [1.807, 2.05) is 54.6 Å². The van der Waals surface area contributed by atoms with E-state index in [1.54, 1.807) is 5.48 Å². The summed E-state index contributed by atoms with van der Waals surface area (Å²) < 4.78 is 1.02. The summed E-state index contributed by atoms with van der Waals surface area (Å²) in [6.45, 7) is 0. The Hall–Kier alpha value is -1.65. The van der Waals surface area contributed by atoms with Crippen LogP contribution in [-0.4, -0.2) is 11.1 Å². The Morgan fingerprint density at radius 2 is 1.50 bits per heavy atom. The molecule has 3 atom stereocenters. The van der Waals surface area contributed by atoms with Crippen LogP contribution in [0.5, 0.6) is 0 Å². The van der Waals surface area contributed by atoms with Gasteiger partial charge in [-0.2, -0.15) is 0 Å². The second-order valence-electron chi connectivity index (χ2n) is 5.02. The van der Waals surface area contributed by atoms with Crippen molar-refractivity contribution in [2.24, 2.45) is 5.92 Å². The largest absolute Gasteiger partial charge is 0.289 e. The van der Waals surface area contributed by atoms with Gasteiger partial charge in [-0.25, -0.2) is 5.48 Å². The summed E-state index contributed by atoms with van der Waals surface area (Å²) >= 11 is 3.41. The van der Waals surface area contributed by atoms with E-state index in [2.05, 4.69) is 15.9 Å². The lowest BCUT2D eigenvalue weighted by molar-refractivity contribution is -0.130. The van der Waals surface area contributed by atoms with Crippen molar-refractivity contribution in [2.45, 2.75) is 11.8 Å². The first-order valence-corrected chi connectivity index (χ1v) is 7.26. The van der Waals surface area contributed by atoms with E-state index in [0.717, 1.165) is 15.6 Å². The summed E-state index contributed by atoms with van der Waals surface area (Å²) in [7, 11) is 0. The van der Waals surface area contributed by atoms with Gasteiger partial charge >= 0.3 is 0 Å². The maximum Gasteiger partial charge on any atom is 0.247 e. The fraction of sp³-hybridized carbons (Fsp3) is 0.188. The molecule has 1 aliphatic rings. The molecule has 0 aromatic heterocycles. The highest BCUT2D eigenvalue weighted by molar-refractivity contribution is 9.10. The van der Waals surface area contributed by atoms with Crippen molar-refractivity contribution in [3.8, 4) is 0 Å². The maximum absolute atomic E-state index is 11.8. The molecule has 20 heavy (non-hydrogen) atoms. The van der Waals surface area contributed by atoms with Crippen molar-refractivity contribution in [1.82, 2.24) is 5.48 Å². The quantitative estimate of drug-likeness (QED) is 0.668. The molecule has 102 valence electrons. The molecule has 0 unspecified atom stereocenters. The van der Waals surface area contributed by atoms with Gasteiger partial charge in [-0.3, -0.25) is 10.0 Å². The fourth-order valence-corrected chi connectivity index (χ4v) is 3.17. The number of rotatable bonds is 3. The summed E-state index contributed by atoms with van der Waals surface area (Å²) in [4.78, 5) is 11.8. The molecule has 2 aromatic rings. The molecule has 0 aliphatic heterocycles. The van der Waals surface area contributed by atoms with Crippen LogP contribution in [0.4, 0.5) is 0 Å². The average molecular weight is 332 g/mol. The molecule has 2 aromatic carbocycles. The van der Waals surface area contributed by atoms with Crippen LogP contribution in [0.1, 0.15) is 23.0 Å². The second kappa shape index (κ2) is 5.38. The first-order valence-electron chi connectivity index (χ1n) is 6.46. The Labute approximate surface area is 125 Å². The first kappa shape index (κ1) is 13.3. The highest BCUT2D eigenvalue weighted by Crippen LogP contribution is 2.60. The van der Waals surface area contributed by atoms with Crippen molar-refractivity contribution >= 4 is 21.8 Å². The molecule has 0 radical (unpaired) electrons. The van der Waals surface area contributed by atoms with Gasteiger partial charge in [0, 0.05) is 16.3 Å². The van der Waals surface area contributed by atoms with Crippen molar-refractivity contribution in [3.63, 3.8) is 0 Å². The summed E-state index contributed by atoms with van der Waals surface area (Å²) in [6.07, 6.45) is 0. The van der Waals surface area contributed by atoms with Crippen LogP contribution < -0.4 is 5.48 Å². The van der Waals surface area contributed by atoms with E-state index in [9.17, 15) is 4.79 Å². The Bertz CT molecular complexity index is 612. The van der Waals surface area contributed by atoms with E-state index in [1.165, 1.54) is 0 Å². The standard InChI is InChI=1S/C16H14BrNO2/c17-12-8-6-11(7-9-12)14-13(15(14)16(19)18-20)10-4-2-1-3-5-10/h1-9,13-15,20H,(H,18,19)/t13-,14-,15-/m1/s1. The number of hydrogen-bond donors (Lipinski definition) is 2. The number of amides is 1. The molecule has 0 bridgehead atoms. The van der Waals surface area contributed by atoms with Crippen LogP contribution in [0.3, 0.4) is 0 Å². The summed E-state index contributed by atoms with van der Waals surface area (Å²) in [6, 6.07) is 18.0. The third-order valence-corrected chi connectivity index (χ3v) is 4.40. The summed E-state index contributed by atoms with van der Waals surface area (Å²) in [5, 5.41) is 8.91. The van der Waals surface area contributed by atoms with Crippen molar-refractivity contribution in [2.75, 3.05) is 0 Å². The van der Waals surface area contributed by atoms with Crippen LogP contribution in [-0.2, 0) is 4.79 Å². The Morgan fingerprint density at radius 3 is 2.05 bits per heavy atom. The lowest BCUT2D eigenvalue weighted by Crippen LogP contribution is -2.21. The van der Waals surface area contributed by atoms with Crippen LogP contribution in [0.25, 0.3) is 0 Å². The van der Waals surface area contributed by atoms with E-state index < -0.39 is 0 Å². The third kappa shape index (κ3) is 2.37. The number of hydrogen-bond acceptors (Lipinski definition) is 2. The molecule has 1 aliphatic carbocycles. The second-order valence-corrected chi connectivity index (χ2v) is 5.93. The van der Waals surface area contributed by atoms with E-state index in [0.29, 0.717) is 0 Å². The van der Waals surface area contributed by atoms with E-state index >= 15 is 0 Å². The number of benzene rings is 2. The van der Waals surface area contributed by atoms with Gasteiger partial charge in [-0.05, 0) is 23.3 Å². The first-order chi connectivity index (χ1) is 9.72. The monoisotopic (exact) mass is 331 g/mol. The van der Waals surface area contributed by atoms with Crippen molar-refractivity contribution < 1.29 is 10.0 Å². The molecule has 1 amide bonds. The predicted molar refractivity (Wildman–Crippen MR) is 79.5 cm³/mol. The summed E-state index contributed by atoms with van der Waals surface area (Å²) in [5.41, 5.74) is 4.04. The molecule has 1 fully saturated rings. The zero-order valence-electron chi connectivity index (χ0n) is 10.7. The molecule has 1 saturated carbocycles. The van der Waals surface area contributed by atoms with E-state index in [4.69, 9.17) is 5.21 Å². The SMILES string of the molecule is O=C(NO)[C@@H]1[C@H](c2ccccc2)[C@H]1c1ccc(Br)cc1. The molecule has 3 nitrogen and oxygen atoms in total. The minimum atomic E-state index is -0.313. The molecule has 2 N–H and O–H groups in total. The maximum atomic E-state index is 11.8. The van der Waals surface area contributed by atoms with Gasteiger partial charge in [0.15, 0.2) is 0 Å². The molecule has 3 rings (SSSR count). The van der Waals surface area contributed by atoms with Gasteiger partial charge < -0.3 is 0 Å². The smallest absolute Gasteiger partial charge is 0.247 e. The van der Waals surface area contributed by atoms with Crippen LogP contribution in [0.2, 0.25) is 0 Å². The Kier molecular flexibility index (Phi) is 3.59. The zero-order valence-corrected chi connectivity index (χ0v) is 12.2. The Morgan fingerprint density at radius 1 is 0.950 bits per heavy atom. The third-order valence-electron chi connectivity index (χ3n) is 3.87. The molecule has 0 saturated heterocycles. The molecular formula is C16H14BrNO2. The number of hydroxylamine groups is 1. The van der Waals surface area contributed by atoms with Gasteiger partial charge in [0.2, 0.25) is 5.91 Å². The van der Waals surface area contributed by atoms with Crippen LogP contribution in [0.15, 0.2) is 59.1 Å². The Balaban J connectivity index is 1.92. The highest BCUT2D eigenvalue weighted by Gasteiger charge is 2.55. The van der Waals surface area contributed by atoms with Crippen LogP contribution in [0, 0.1) is 5.92 Å². The topological polar surface area (TPSA) is 49.3 Å². The lowest BCUT2D eigenvalue weighted by atomic mass is 10.0. The van der Waals surface area contributed by atoms with Gasteiger partial charge in [0.25, 0.3) is 0 Å². The number of halogens is 1. The minimum absolute atomic E-state index is 0.123. The number of carbonyl (C=O) groups is 1. The minimum Gasteiger partial charge on any atom is -0.289 e. The normalized spacial score (nSPS) is 24.2. The highest BCUT2D eigenvalue weighted by atomic mass is 79.9. The summed E-state index contributed by atoms with van der Waals surface area (Å²) in [5.74, 6) is -0.266. The molecule has 0 spiro atoms. The van der Waals surface area contributed by atoms with Crippen LogP contribution >= 0.6 is 15.9 Å². The van der Waals surface area contributed by atoms with Gasteiger partial charge in [0.05, 0.1) is 5.92 Å². The molecular weight excluding hydrogens is 318 g/mol. The predicted octanol–water partition coefficient (Wildman–Crippen LogP) is 3.45. The van der Waals surface area contributed by atoms with Crippen molar-refractivity contribution in [1.29, 1.82) is 0 Å². The zero-order chi connectivity index (χ0) is 14.1. The molecule has 0 heterocycles. The van der Waals surface area contributed by atoms with Gasteiger partial charge in [0.1, 0.15) is 0 Å². The van der Waals surface area contributed by atoms with Gasteiger partial charge in [-0.15, -0.1) is 0 Å². The van der Waals surface area contributed by atoms with E-state index in [-0.39, 0.29) is 23.7 Å². The number of carbonyl (C=O) groups excluding carboxylic acids is 1. The van der Waals surface area contributed by atoms with Gasteiger partial charge in [-0.1, -0.05) is 58.4 Å².